The van der Waals surface area contributed by atoms with Gasteiger partial charge in [0.1, 0.15) is 5.82 Å². The van der Waals surface area contributed by atoms with Gasteiger partial charge >= 0.3 is 238 Å². The van der Waals surface area contributed by atoms with Crippen LogP contribution in [0.15, 0.2) is 47.3 Å². The van der Waals surface area contributed by atoms with E-state index < -0.39 is 6.04 Å². The van der Waals surface area contributed by atoms with Crippen LogP contribution in [-0.2, 0) is 16.1 Å². The van der Waals surface area contributed by atoms with Crippen LogP contribution in [0.3, 0.4) is 0 Å². The number of Topliss-reactive ketones (excluding diaryl/α,β-unsaturated/α-hetero) is 1. The summed E-state index contributed by atoms with van der Waals surface area (Å²) in [5, 5.41) is 8.14. The summed E-state index contributed by atoms with van der Waals surface area (Å²) in [6.07, 6.45) is 4.12. The first-order valence-electron chi connectivity index (χ1n) is 12.7. The second kappa shape index (κ2) is 9.98. The first-order chi connectivity index (χ1) is 19.0. The summed E-state index contributed by atoms with van der Waals surface area (Å²) in [5.74, 6) is 0.544. The molecule has 2 aliphatic heterocycles. The number of pyridine rings is 1. The van der Waals surface area contributed by atoms with Gasteiger partial charge in [-0.05, 0) is 6.92 Å². The fourth-order valence-corrected chi connectivity index (χ4v) is 8.87. The van der Waals surface area contributed by atoms with Crippen LogP contribution in [0.5, 0.6) is 0 Å². The number of carbonyl (C=O) groups excluding carboxylic acids is 3. The van der Waals surface area contributed by atoms with E-state index in [1.54, 1.807) is 22.0 Å². The molecule has 1 N–H and O–H groups in total. The third-order valence-electron chi connectivity index (χ3n) is 7.35. The van der Waals surface area contributed by atoms with Crippen LogP contribution in [0.2, 0.25) is 0 Å². The molecule has 2 saturated heterocycles. The standard InChI is InChI=1S/C28H26BrIN7O3/c1-14-5-8-22(29)33-25(14)34-26(40)21-10-28(4)27(30-28)37(21)23(39)13-36-20-7-6-17(18-11-31-16(3)32-12-18)9-19(20)24(35-36)15(2)38/h5-9,11-12,21,27H,10,13H2,1-4H3,(H,33,34,40)/q-1/t21-,27-,28+/m0/s1. The maximum absolute atomic E-state index is 13.8. The number of halogens is 2. The van der Waals surface area contributed by atoms with Gasteiger partial charge in [-0.25, -0.2) is 0 Å². The molecule has 1 aromatic carbocycles. The number of hydrogen-bond donors (Lipinski definition) is 1. The van der Waals surface area contributed by atoms with Gasteiger partial charge in [0.25, 0.3) is 0 Å². The average molecular weight is 715 g/mol. The van der Waals surface area contributed by atoms with E-state index in [9.17, 15) is 14.4 Å². The number of alkyl halides is 2. The molecule has 6 rings (SSSR count). The molecule has 0 unspecified atom stereocenters. The van der Waals surface area contributed by atoms with Gasteiger partial charge in [0.05, 0.1) is 0 Å². The Kier molecular flexibility index (Phi) is 6.72. The van der Waals surface area contributed by atoms with Gasteiger partial charge in [-0.15, -0.1) is 0 Å². The molecule has 0 bridgehead atoms. The SMILES string of the molecule is CC(=O)c1nn(CC(=O)N2[C@H](C(=O)Nc3nc(Br)ccc3C)C[C@@]3(C)[I-][C@@H]23)c2ccc(-c3cnc(C)nc3)cc12. The molecule has 10 nitrogen and oxygen atoms in total. The Hall–Kier alpha value is -3.26. The van der Waals surface area contributed by atoms with Gasteiger partial charge in [0, 0.05) is 0 Å². The minimum atomic E-state index is -0.585. The zero-order valence-corrected chi connectivity index (χ0v) is 26.0. The predicted molar refractivity (Wildman–Crippen MR) is 148 cm³/mol. The molecule has 206 valence electrons. The molecule has 40 heavy (non-hydrogen) atoms. The quantitative estimate of drug-likeness (QED) is 0.104. The number of carbonyl (C=O) groups is 3. The maximum atomic E-state index is 13.8. The van der Waals surface area contributed by atoms with Crippen molar-refractivity contribution in [3.05, 3.63) is 64.4 Å². The van der Waals surface area contributed by atoms with Crippen molar-refractivity contribution in [2.75, 3.05) is 5.32 Å². The fraction of sp³-hybridized carbons (Fsp3) is 0.321. The summed E-state index contributed by atoms with van der Waals surface area (Å²) in [5.41, 5.74) is 3.49. The Morgan fingerprint density at radius 2 is 1.88 bits per heavy atom. The summed E-state index contributed by atoms with van der Waals surface area (Å²) in [4.78, 5) is 54.4. The number of amides is 2. The van der Waals surface area contributed by atoms with Crippen LogP contribution in [0, 0.1) is 13.8 Å². The van der Waals surface area contributed by atoms with Gasteiger partial charge in [0.2, 0.25) is 0 Å². The van der Waals surface area contributed by atoms with Crippen LogP contribution >= 0.6 is 15.9 Å². The van der Waals surface area contributed by atoms with Crippen LogP contribution < -0.4 is 26.5 Å². The monoisotopic (exact) mass is 714 g/mol. The molecular weight excluding hydrogens is 689 g/mol. The van der Waals surface area contributed by atoms with Crippen molar-refractivity contribution >= 4 is 50.2 Å². The second-order valence-corrected chi connectivity index (χ2v) is 15.4. The number of hydrogen-bond acceptors (Lipinski definition) is 7. The normalized spacial score (nSPS) is 21.6. The number of anilines is 1. The van der Waals surface area contributed by atoms with E-state index in [4.69, 9.17) is 0 Å². The van der Waals surface area contributed by atoms with Crippen LogP contribution in [0.25, 0.3) is 22.0 Å². The number of fused-ring (bicyclic) bond motifs is 2. The number of aryl methyl sites for hydroxylation is 2. The zero-order chi connectivity index (χ0) is 28.3. The first-order valence-corrected chi connectivity index (χ1v) is 15.9. The van der Waals surface area contributed by atoms with Crippen molar-refractivity contribution in [1.29, 1.82) is 0 Å². The number of nitrogens with zero attached hydrogens (tertiary/aromatic N) is 6. The molecular formula is C28H26BrIN7O3-. The third-order valence-corrected chi connectivity index (χ3v) is 12.1. The molecule has 0 saturated carbocycles. The summed E-state index contributed by atoms with van der Waals surface area (Å²) in [6.45, 7) is 7.26. The summed E-state index contributed by atoms with van der Waals surface area (Å²) in [7, 11) is 0. The van der Waals surface area contributed by atoms with E-state index in [0.29, 0.717) is 39.3 Å². The summed E-state index contributed by atoms with van der Waals surface area (Å²) < 4.78 is 2.33. The number of nitrogens with one attached hydrogen (secondary N) is 1. The molecule has 2 amide bonds. The number of likely N-dealkylation sites (tertiary alicyclic amines) is 1. The van der Waals surface area contributed by atoms with E-state index >= 15 is 0 Å². The van der Waals surface area contributed by atoms with E-state index in [2.05, 4.69) is 48.2 Å². The summed E-state index contributed by atoms with van der Waals surface area (Å²) in [6, 6.07) is 8.77. The Labute approximate surface area is 249 Å². The van der Waals surface area contributed by atoms with Gasteiger partial charge < -0.3 is 0 Å². The van der Waals surface area contributed by atoms with Gasteiger partial charge in [-0.1, -0.05) is 0 Å². The minimum absolute atomic E-state index is 0.0258. The topological polar surface area (TPSA) is 123 Å². The number of ketones is 1. The van der Waals surface area contributed by atoms with E-state index in [0.717, 1.165) is 16.7 Å². The van der Waals surface area contributed by atoms with Crippen LogP contribution in [0.1, 0.15) is 42.1 Å². The molecule has 0 radical (unpaired) electrons. The Morgan fingerprint density at radius 3 is 2.60 bits per heavy atom. The van der Waals surface area contributed by atoms with E-state index in [1.165, 1.54) is 6.92 Å². The fourth-order valence-electron chi connectivity index (χ4n) is 5.16. The Balaban J connectivity index is 1.29. The molecule has 0 aliphatic carbocycles. The second-order valence-electron chi connectivity index (χ2n) is 10.3. The van der Waals surface area contributed by atoms with Gasteiger partial charge in [-0.3, -0.25) is 0 Å². The number of benzene rings is 1. The van der Waals surface area contributed by atoms with Crippen molar-refractivity contribution in [2.24, 2.45) is 0 Å². The number of rotatable bonds is 6. The predicted octanol–water partition coefficient (Wildman–Crippen LogP) is 0.897. The summed E-state index contributed by atoms with van der Waals surface area (Å²) >= 11 is 3.13. The van der Waals surface area contributed by atoms with Gasteiger partial charge in [0.15, 0.2) is 0 Å². The molecule has 5 heterocycles. The zero-order valence-electron chi connectivity index (χ0n) is 22.3. The Morgan fingerprint density at radius 1 is 1.12 bits per heavy atom. The molecule has 4 aromatic rings. The molecule has 2 fully saturated rings. The third kappa shape index (κ3) is 4.80. The molecule has 3 atom stereocenters. The molecule has 3 aromatic heterocycles. The van der Waals surface area contributed by atoms with Crippen molar-refractivity contribution in [1.82, 2.24) is 29.6 Å². The van der Waals surface area contributed by atoms with Crippen molar-refractivity contribution < 1.29 is 35.6 Å². The van der Waals surface area contributed by atoms with Crippen molar-refractivity contribution in [3.63, 3.8) is 0 Å². The van der Waals surface area contributed by atoms with E-state index in [-0.39, 0.29) is 52.8 Å². The van der Waals surface area contributed by atoms with Crippen LogP contribution in [0.4, 0.5) is 5.82 Å². The van der Waals surface area contributed by atoms with Crippen molar-refractivity contribution in [3.8, 4) is 11.1 Å². The first kappa shape index (κ1) is 26.9. The molecule has 12 heteroatoms. The number of aromatic nitrogens is 5. The molecule has 0 spiro atoms. The van der Waals surface area contributed by atoms with Gasteiger partial charge in [-0.2, -0.15) is 0 Å². The van der Waals surface area contributed by atoms with Crippen LogP contribution in [-0.4, -0.2) is 60.7 Å². The molecule has 2 aliphatic rings. The average Bonchev–Trinajstić information content (AvgIpc) is 3.28. The Bertz CT molecular complexity index is 1710. The van der Waals surface area contributed by atoms with E-state index in [1.807, 2.05) is 44.2 Å². The van der Waals surface area contributed by atoms with Crippen molar-refractivity contribution in [2.45, 2.75) is 54.2 Å².